The largest absolute Gasteiger partial charge is 0.392 e. The zero-order valence-corrected chi connectivity index (χ0v) is 13.0. The zero-order chi connectivity index (χ0) is 15.1. The number of fused-ring (bicyclic) bond motifs is 1. The molecule has 1 nitrogen and oxygen atoms in total. The Morgan fingerprint density at radius 1 is 0.952 bits per heavy atom. The number of allylic oxidation sites excluding steroid dienone is 3. The Bertz CT molecular complexity index is 650. The number of rotatable bonds is 6. The van der Waals surface area contributed by atoms with Crippen molar-refractivity contribution in [1.29, 1.82) is 0 Å². The molecular formula is C20H24O. The lowest BCUT2D eigenvalue weighted by atomic mass is 10.0. The highest BCUT2D eigenvalue weighted by Crippen LogP contribution is 2.18. The molecule has 0 saturated heterocycles. The average Bonchev–Trinajstić information content (AvgIpc) is 2.47. The molecule has 0 aliphatic carbocycles. The van der Waals surface area contributed by atoms with Gasteiger partial charge in [0.2, 0.25) is 0 Å². The van der Waals surface area contributed by atoms with Crippen molar-refractivity contribution in [1.82, 2.24) is 0 Å². The summed E-state index contributed by atoms with van der Waals surface area (Å²) in [7, 11) is 0. The highest BCUT2D eigenvalue weighted by molar-refractivity contribution is 5.83. The second kappa shape index (κ2) is 7.80. The van der Waals surface area contributed by atoms with Gasteiger partial charge in [-0.25, -0.2) is 0 Å². The summed E-state index contributed by atoms with van der Waals surface area (Å²) in [6.07, 6.45) is 7.27. The molecule has 0 radical (unpaired) electrons. The van der Waals surface area contributed by atoms with Gasteiger partial charge in [0, 0.05) is 0 Å². The molecule has 0 unspecified atom stereocenters. The number of hydrogen-bond donors (Lipinski definition) is 1. The van der Waals surface area contributed by atoms with Crippen LogP contribution in [0.2, 0.25) is 0 Å². The minimum absolute atomic E-state index is 0.144. The van der Waals surface area contributed by atoms with Gasteiger partial charge in [-0.15, -0.1) is 0 Å². The summed E-state index contributed by atoms with van der Waals surface area (Å²) in [6, 6.07) is 15.2. The van der Waals surface area contributed by atoms with Crippen LogP contribution in [0.4, 0.5) is 0 Å². The minimum atomic E-state index is 0.144. The Balaban J connectivity index is 1.97. The molecule has 2 aromatic rings. The minimum Gasteiger partial charge on any atom is -0.392 e. The van der Waals surface area contributed by atoms with Crippen molar-refractivity contribution < 1.29 is 5.11 Å². The van der Waals surface area contributed by atoms with E-state index in [1.54, 1.807) is 0 Å². The van der Waals surface area contributed by atoms with Gasteiger partial charge in [0.1, 0.15) is 0 Å². The molecule has 2 rings (SSSR count). The molecule has 0 heterocycles. The second-order valence-electron chi connectivity index (χ2n) is 5.68. The van der Waals surface area contributed by atoms with E-state index in [1.165, 1.54) is 27.5 Å². The van der Waals surface area contributed by atoms with Crippen LogP contribution in [0, 0.1) is 0 Å². The Kier molecular flexibility index (Phi) is 5.77. The number of hydrogen-bond acceptors (Lipinski definition) is 1. The van der Waals surface area contributed by atoms with E-state index in [1.807, 2.05) is 6.08 Å². The highest BCUT2D eigenvalue weighted by Gasteiger charge is 1.98. The molecule has 0 aliphatic heterocycles. The van der Waals surface area contributed by atoms with Gasteiger partial charge in [0.15, 0.2) is 0 Å². The molecule has 1 heteroatoms. The Labute approximate surface area is 127 Å². The Morgan fingerprint density at radius 2 is 1.71 bits per heavy atom. The van der Waals surface area contributed by atoms with Crippen LogP contribution in [0.1, 0.15) is 32.3 Å². The molecule has 110 valence electrons. The first-order valence-corrected chi connectivity index (χ1v) is 7.59. The topological polar surface area (TPSA) is 20.2 Å². The van der Waals surface area contributed by atoms with E-state index in [2.05, 4.69) is 62.4 Å². The predicted molar refractivity (Wildman–Crippen MR) is 91.5 cm³/mol. The van der Waals surface area contributed by atoms with Crippen LogP contribution in [-0.2, 0) is 6.42 Å². The molecule has 0 aliphatic rings. The van der Waals surface area contributed by atoms with Crippen molar-refractivity contribution in [2.75, 3.05) is 6.61 Å². The first kappa shape index (κ1) is 15.5. The summed E-state index contributed by atoms with van der Waals surface area (Å²) in [6.45, 7) is 4.41. The summed E-state index contributed by atoms with van der Waals surface area (Å²) in [5.41, 5.74) is 4.03. The van der Waals surface area contributed by atoms with Crippen molar-refractivity contribution in [3.05, 3.63) is 71.3 Å². The van der Waals surface area contributed by atoms with Gasteiger partial charge >= 0.3 is 0 Å². The second-order valence-corrected chi connectivity index (χ2v) is 5.68. The smallest absolute Gasteiger partial charge is 0.0614 e. The number of aliphatic hydroxyl groups excluding tert-OH is 1. The van der Waals surface area contributed by atoms with Crippen LogP contribution in [0.5, 0.6) is 0 Å². The van der Waals surface area contributed by atoms with E-state index >= 15 is 0 Å². The third kappa shape index (κ3) is 4.87. The number of aliphatic hydroxyl groups is 1. The van der Waals surface area contributed by atoms with Gasteiger partial charge in [-0.05, 0) is 49.4 Å². The standard InChI is InChI=1S/C20H24O/c1-16(12-13-21)6-5-7-17(2)14-18-10-11-19-8-3-4-9-20(19)15-18/h3-4,7-12,15,21H,5-6,13-14H2,1-2H3/b16-12+,17-7+. The van der Waals surface area contributed by atoms with E-state index in [4.69, 9.17) is 5.11 Å². The molecule has 0 fully saturated rings. The maximum absolute atomic E-state index is 8.83. The fourth-order valence-corrected chi connectivity index (χ4v) is 2.55. The third-order valence-corrected chi connectivity index (χ3v) is 3.77. The SMILES string of the molecule is C/C(=C\CO)CC/C=C(\C)Cc1ccc2ccccc2c1. The van der Waals surface area contributed by atoms with Gasteiger partial charge in [0.05, 0.1) is 6.61 Å². The maximum Gasteiger partial charge on any atom is 0.0614 e. The molecule has 0 bridgehead atoms. The summed E-state index contributed by atoms with van der Waals surface area (Å²) in [5, 5.41) is 11.4. The zero-order valence-electron chi connectivity index (χ0n) is 13.0. The maximum atomic E-state index is 8.83. The molecule has 0 aromatic heterocycles. The first-order valence-electron chi connectivity index (χ1n) is 7.59. The summed E-state index contributed by atoms with van der Waals surface area (Å²) in [5.74, 6) is 0. The quantitative estimate of drug-likeness (QED) is 0.734. The molecule has 21 heavy (non-hydrogen) atoms. The van der Waals surface area contributed by atoms with Gasteiger partial charge < -0.3 is 5.11 Å². The van der Waals surface area contributed by atoms with E-state index < -0.39 is 0 Å². The van der Waals surface area contributed by atoms with Gasteiger partial charge in [-0.2, -0.15) is 0 Å². The molecule has 1 N–H and O–H groups in total. The fourth-order valence-electron chi connectivity index (χ4n) is 2.55. The monoisotopic (exact) mass is 280 g/mol. The van der Waals surface area contributed by atoms with E-state index in [9.17, 15) is 0 Å². The summed E-state index contributed by atoms with van der Waals surface area (Å²) < 4.78 is 0. The van der Waals surface area contributed by atoms with Crippen molar-refractivity contribution in [2.45, 2.75) is 33.1 Å². The van der Waals surface area contributed by atoms with E-state index in [0.717, 1.165) is 19.3 Å². The van der Waals surface area contributed by atoms with Crippen LogP contribution in [0.3, 0.4) is 0 Å². The fraction of sp³-hybridized carbons (Fsp3) is 0.300. The molecule has 2 aromatic carbocycles. The number of benzene rings is 2. The molecule has 0 amide bonds. The lowest BCUT2D eigenvalue weighted by Crippen LogP contribution is -1.88. The molecular weight excluding hydrogens is 256 g/mol. The van der Waals surface area contributed by atoms with Crippen LogP contribution in [0.25, 0.3) is 10.8 Å². The first-order chi connectivity index (χ1) is 10.2. The Morgan fingerprint density at radius 3 is 2.48 bits per heavy atom. The lowest BCUT2D eigenvalue weighted by Gasteiger charge is -2.05. The van der Waals surface area contributed by atoms with E-state index in [-0.39, 0.29) is 6.61 Å². The van der Waals surface area contributed by atoms with Crippen LogP contribution in [0.15, 0.2) is 65.8 Å². The summed E-state index contributed by atoms with van der Waals surface area (Å²) in [4.78, 5) is 0. The van der Waals surface area contributed by atoms with Gasteiger partial charge in [0.25, 0.3) is 0 Å². The molecule has 0 spiro atoms. The van der Waals surface area contributed by atoms with Crippen molar-refractivity contribution >= 4 is 10.8 Å². The van der Waals surface area contributed by atoms with E-state index in [0.29, 0.717) is 0 Å². The summed E-state index contributed by atoms with van der Waals surface area (Å²) >= 11 is 0. The van der Waals surface area contributed by atoms with Gasteiger partial charge in [-0.3, -0.25) is 0 Å². The normalized spacial score (nSPS) is 12.9. The van der Waals surface area contributed by atoms with Crippen LogP contribution in [-0.4, -0.2) is 11.7 Å². The molecule has 0 atom stereocenters. The van der Waals surface area contributed by atoms with Gasteiger partial charge in [-0.1, -0.05) is 65.8 Å². The predicted octanol–water partition coefficient (Wildman–Crippen LogP) is 5.05. The van der Waals surface area contributed by atoms with Crippen molar-refractivity contribution in [3.63, 3.8) is 0 Å². The highest BCUT2D eigenvalue weighted by atomic mass is 16.2. The van der Waals surface area contributed by atoms with Crippen LogP contribution >= 0.6 is 0 Å². The Hall–Kier alpha value is -1.86. The third-order valence-electron chi connectivity index (χ3n) is 3.77. The lowest BCUT2D eigenvalue weighted by molar-refractivity contribution is 0.341. The van der Waals surface area contributed by atoms with Crippen LogP contribution < -0.4 is 0 Å². The van der Waals surface area contributed by atoms with Crippen molar-refractivity contribution in [2.24, 2.45) is 0 Å². The van der Waals surface area contributed by atoms with Crippen molar-refractivity contribution in [3.8, 4) is 0 Å². The average molecular weight is 280 g/mol. The molecule has 0 saturated carbocycles.